The quantitative estimate of drug-likeness (QED) is 0.850. The first-order valence-corrected chi connectivity index (χ1v) is 8.69. The monoisotopic (exact) mass is 302 g/mol. The molecule has 122 valence electrons. The number of nitrogens with zero attached hydrogens (tertiary/aromatic N) is 2. The van der Waals surface area contributed by atoms with Gasteiger partial charge in [-0.25, -0.2) is 0 Å². The molecule has 0 amide bonds. The van der Waals surface area contributed by atoms with Gasteiger partial charge in [-0.3, -0.25) is 4.90 Å². The maximum Gasteiger partial charge on any atom is 0.0678 e. The molecule has 1 aliphatic carbocycles. The molecule has 3 rings (SSSR count). The lowest BCUT2D eigenvalue weighted by molar-refractivity contribution is -0.0796. The summed E-state index contributed by atoms with van der Waals surface area (Å²) in [6.45, 7) is 6.60. The first-order chi connectivity index (χ1) is 10.5. The lowest BCUT2D eigenvalue weighted by Gasteiger charge is -2.39. The molecule has 1 aromatic carbocycles. The van der Waals surface area contributed by atoms with Gasteiger partial charge in [0.05, 0.1) is 12.2 Å². The Labute approximate surface area is 135 Å². The van der Waals surface area contributed by atoms with Crippen molar-refractivity contribution >= 4 is 5.69 Å². The fraction of sp³-hybridized carbons (Fsp3) is 0.684. The Kier molecular flexibility index (Phi) is 4.74. The summed E-state index contributed by atoms with van der Waals surface area (Å²) in [5, 5.41) is 0. The van der Waals surface area contributed by atoms with E-state index in [1.54, 1.807) is 0 Å². The van der Waals surface area contributed by atoms with Crippen molar-refractivity contribution in [2.45, 2.75) is 57.3 Å². The van der Waals surface area contributed by atoms with Crippen molar-refractivity contribution in [1.29, 1.82) is 0 Å². The van der Waals surface area contributed by atoms with Crippen LogP contribution in [-0.4, -0.2) is 50.3 Å². The van der Waals surface area contributed by atoms with E-state index in [0.29, 0.717) is 12.2 Å². The fourth-order valence-electron chi connectivity index (χ4n) is 4.15. The van der Waals surface area contributed by atoms with E-state index in [4.69, 9.17) is 4.74 Å². The van der Waals surface area contributed by atoms with Crippen LogP contribution in [0.4, 0.5) is 5.69 Å². The minimum atomic E-state index is 0.377. The van der Waals surface area contributed by atoms with Crippen LogP contribution in [0.2, 0.25) is 0 Å². The Morgan fingerprint density at radius 3 is 2.23 bits per heavy atom. The van der Waals surface area contributed by atoms with E-state index in [-0.39, 0.29) is 0 Å². The average Bonchev–Trinajstić information content (AvgIpc) is 2.96. The minimum absolute atomic E-state index is 0.377. The molecular formula is C19H30N2O. The van der Waals surface area contributed by atoms with Gasteiger partial charge in [-0.15, -0.1) is 0 Å². The van der Waals surface area contributed by atoms with Crippen LogP contribution in [0.1, 0.15) is 44.6 Å². The number of hydrogen-bond donors (Lipinski definition) is 0. The van der Waals surface area contributed by atoms with Crippen molar-refractivity contribution < 1.29 is 4.74 Å². The highest BCUT2D eigenvalue weighted by molar-refractivity contribution is 5.46. The van der Waals surface area contributed by atoms with Crippen LogP contribution < -0.4 is 4.90 Å². The highest BCUT2D eigenvalue weighted by atomic mass is 16.5. The van der Waals surface area contributed by atoms with Crippen LogP contribution in [0.3, 0.4) is 0 Å². The Morgan fingerprint density at radius 1 is 1.00 bits per heavy atom. The van der Waals surface area contributed by atoms with Crippen LogP contribution in [0.25, 0.3) is 0 Å². The van der Waals surface area contributed by atoms with Crippen molar-refractivity contribution in [2.24, 2.45) is 0 Å². The largest absolute Gasteiger partial charge is 0.378 e. The van der Waals surface area contributed by atoms with Gasteiger partial charge in [-0.1, -0.05) is 12.1 Å². The molecule has 0 radical (unpaired) electrons. The molecule has 2 aliphatic rings. The molecule has 1 aromatic rings. The average molecular weight is 302 g/mol. The summed E-state index contributed by atoms with van der Waals surface area (Å²) < 4.78 is 5.88. The van der Waals surface area contributed by atoms with Crippen molar-refractivity contribution in [3.8, 4) is 0 Å². The lowest BCUT2D eigenvalue weighted by atomic mass is 9.97. The maximum atomic E-state index is 5.88. The Bertz CT molecular complexity index is 475. The standard InChI is InChI=1S/C19H30N2O/c1-14-12-21(13-15(2)22-14)19-10-7-17(11-19)16-5-8-18(9-6-16)20(3)4/h5-6,8-9,14-15,17,19H,7,10-13H2,1-4H3/t14-,15+,17-,19+/m0/s1. The predicted molar refractivity (Wildman–Crippen MR) is 92.7 cm³/mol. The van der Waals surface area contributed by atoms with E-state index in [2.05, 4.69) is 62.0 Å². The normalized spacial score (nSPS) is 33.1. The second-order valence-electron chi connectivity index (χ2n) is 7.36. The van der Waals surface area contributed by atoms with Crippen molar-refractivity contribution in [2.75, 3.05) is 32.1 Å². The van der Waals surface area contributed by atoms with Crippen LogP contribution >= 0.6 is 0 Å². The van der Waals surface area contributed by atoms with Gasteiger partial charge in [-0.05, 0) is 56.7 Å². The molecule has 0 aromatic heterocycles. The van der Waals surface area contributed by atoms with Gasteiger partial charge in [0.1, 0.15) is 0 Å². The highest BCUT2D eigenvalue weighted by Gasteiger charge is 2.33. The van der Waals surface area contributed by atoms with Gasteiger partial charge in [-0.2, -0.15) is 0 Å². The SMILES string of the molecule is C[C@@H]1CN([C@@H]2CC[C@H](c3ccc(N(C)C)cc3)C2)C[C@H](C)O1. The summed E-state index contributed by atoms with van der Waals surface area (Å²) in [7, 11) is 4.20. The number of ether oxygens (including phenoxy) is 1. The van der Waals surface area contributed by atoms with E-state index in [1.807, 2.05) is 0 Å². The maximum absolute atomic E-state index is 5.88. The van der Waals surface area contributed by atoms with Gasteiger partial charge in [0, 0.05) is 38.9 Å². The topological polar surface area (TPSA) is 15.7 Å². The van der Waals surface area contributed by atoms with Crippen LogP contribution in [0, 0.1) is 0 Å². The Balaban J connectivity index is 1.62. The number of anilines is 1. The smallest absolute Gasteiger partial charge is 0.0678 e. The molecule has 1 heterocycles. The van der Waals surface area contributed by atoms with Crippen LogP contribution in [0.5, 0.6) is 0 Å². The van der Waals surface area contributed by atoms with Crippen LogP contribution in [-0.2, 0) is 4.74 Å². The molecule has 22 heavy (non-hydrogen) atoms. The molecule has 2 fully saturated rings. The van der Waals surface area contributed by atoms with Crippen molar-refractivity contribution in [1.82, 2.24) is 4.90 Å². The molecule has 0 spiro atoms. The molecule has 1 saturated carbocycles. The predicted octanol–water partition coefficient (Wildman–Crippen LogP) is 3.50. The van der Waals surface area contributed by atoms with Crippen molar-refractivity contribution in [3.63, 3.8) is 0 Å². The summed E-state index contributed by atoms with van der Waals surface area (Å²) in [6, 6.07) is 9.90. The third-order valence-electron chi connectivity index (χ3n) is 5.25. The molecule has 3 heteroatoms. The van der Waals surface area contributed by atoms with Gasteiger partial charge >= 0.3 is 0 Å². The van der Waals surface area contributed by atoms with E-state index < -0.39 is 0 Å². The van der Waals surface area contributed by atoms with Crippen molar-refractivity contribution in [3.05, 3.63) is 29.8 Å². The zero-order valence-electron chi connectivity index (χ0n) is 14.5. The second-order valence-corrected chi connectivity index (χ2v) is 7.36. The zero-order chi connectivity index (χ0) is 15.7. The first-order valence-electron chi connectivity index (χ1n) is 8.69. The third-order valence-corrected chi connectivity index (χ3v) is 5.25. The number of benzene rings is 1. The number of rotatable bonds is 3. The van der Waals surface area contributed by atoms with E-state index in [1.165, 1.54) is 30.5 Å². The molecule has 1 saturated heterocycles. The van der Waals surface area contributed by atoms with Gasteiger partial charge < -0.3 is 9.64 Å². The van der Waals surface area contributed by atoms with Gasteiger partial charge in [0.25, 0.3) is 0 Å². The van der Waals surface area contributed by atoms with Crippen LogP contribution in [0.15, 0.2) is 24.3 Å². The van der Waals surface area contributed by atoms with E-state index >= 15 is 0 Å². The molecule has 0 unspecified atom stereocenters. The Hall–Kier alpha value is -1.06. The van der Waals surface area contributed by atoms with E-state index in [0.717, 1.165) is 25.0 Å². The van der Waals surface area contributed by atoms with E-state index in [9.17, 15) is 0 Å². The summed E-state index contributed by atoms with van der Waals surface area (Å²) in [4.78, 5) is 4.84. The zero-order valence-corrected chi connectivity index (χ0v) is 14.5. The fourth-order valence-corrected chi connectivity index (χ4v) is 4.15. The molecule has 4 atom stereocenters. The van der Waals surface area contributed by atoms with Gasteiger partial charge in [0.2, 0.25) is 0 Å². The molecule has 0 bridgehead atoms. The molecule has 0 N–H and O–H groups in total. The Morgan fingerprint density at radius 2 is 1.64 bits per heavy atom. The molecule has 3 nitrogen and oxygen atoms in total. The highest BCUT2D eigenvalue weighted by Crippen LogP contribution is 2.38. The third kappa shape index (κ3) is 3.47. The summed E-state index contributed by atoms with van der Waals surface area (Å²) in [5.41, 5.74) is 2.80. The number of hydrogen-bond acceptors (Lipinski definition) is 3. The number of morpholine rings is 1. The molecule has 1 aliphatic heterocycles. The summed E-state index contributed by atoms with van der Waals surface area (Å²) in [5.74, 6) is 0.731. The lowest BCUT2D eigenvalue weighted by Crippen LogP contribution is -2.49. The summed E-state index contributed by atoms with van der Waals surface area (Å²) >= 11 is 0. The minimum Gasteiger partial charge on any atom is -0.378 e. The second kappa shape index (κ2) is 6.59. The first kappa shape index (κ1) is 15.8. The van der Waals surface area contributed by atoms with Gasteiger partial charge in [0.15, 0.2) is 0 Å². The molecular weight excluding hydrogens is 272 g/mol. The summed E-state index contributed by atoms with van der Waals surface area (Å²) in [6.07, 6.45) is 4.72.